The zero-order valence-corrected chi connectivity index (χ0v) is 8.85. The Morgan fingerprint density at radius 1 is 1.64 bits per heavy atom. The molecule has 2 aromatic rings. The molecule has 0 bridgehead atoms. The number of hydrogen-bond donors (Lipinski definition) is 0. The Morgan fingerprint density at radius 3 is 2.93 bits per heavy atom. The molecule has 0 saturated heterocycles. The predicted octanol–water partition coefficient (Wildman–Crippen LogP) is 1.40. The van der Waals surface area contributed by atoms with Crippen molar-refractivity contribution in [2.45, 2.75) is 0 Å². The van der Waals surface area contributed by atoms with E-state index in [0.717, 1.165) is 0 Å². The molecule has 0 unspecified atom stereocenters. The van der Waals surface area contributed by atoms with Crippen LogP contribution in [0, 0.1) is 0 Å². The molecule has 0 radical (unpaired) electrons. The van der Waals surface area contributed by atoms with Gasteiger partial charge in [0.15, 0.2) is 4.67 Å². The van der Waals surface area contributed by atoms with Crippen LogP contribution in [0.25, 0.3) is 0 Å². The van der Waals surface area contributed by atoms with E-state index in [9.17, 15) is 4.79 Å². The molecule has 0 aliphatic carbocycles. The third kappa shape index (κ3) is 1.37. The first-order valence-corrected chi connectivity index (χ1v) is 4.62. The highest BCUT2D eigenvalue weighted by molar-refractivity contribution is 9.10. The second kappa shape index (κ2) is 3.38. The first kappa shape index (κ1) is 9.14. The van der Waals surface area contributed by atoms with E-state index in [2.05, 4.69) is 26.2 Å². The average molecular weight is 256 g/mol. The van der Waals surface area contributed by atoms with Gasteiger partial charge in [0, 0.05) is 7.05 Å². The van der Waals surface area contributed by atoms with Crippen molar-refractivity contribution in [1.29, 1.82) is 0 Å². The topological polar surface area (TPSA) is 60.9 Å². The number of hydrogen-bond acceptors (Lipinski definition) is 4. The number of furan rings is 1. The zero-order valence-electron chi connectivity index (χ0n) is 7.27. The fourth-order valence-corrected chi connectivity index (χ4v) is 1.51. The molecule has 2 aromatic heterocycles. The summed E-state index contributed by atoms with van der Waals surface area (Å²) < 4.78 is 6.81. The van der Waals surface area contributed by atoms with Crippen LogP contribution in [-0.4, -0.2) is 20.8 Å². The Labute approximate surface area is 87.8 Å². The lowest BCUT2D eigenvalue weighted by molar-refractivity contribution is 0.102. The van der Waals surface area contributed by atoms with Crippen molar-refractivity contribution in [3.63, 3.8) is 0 Å². The van der Waals surface area contributed by atoms with Crippen LogP contribution >= 0.6 is 15.9 Å². The van der Waals surface area contributed by atoms with Crippen molar-refractivity contribution in [2.75, 3.05) is 0 Å². The van der Waals surface area contributed by atoms with Crippen LogP contribution in [0.5, 0.6) is 0 Å². The van der Waals surface area contributed by atoms with Gasteiger partial charge in [-0.3, -0.25) is 4.79 Å². The van der Waals surface area contributed by atoms with E-state index in [1.54, 1.807) is 13.1 Å². The Kier molecular flexibility index (Phi) is 2.20. The van der Waals surface area contributed by atoms with Gasteiger partial charge >= 0.3 is 0 Å². The van der Waals surface area contributed by atoms with Crippen molar-refractivity contribution in [3.05, 3.63) is 34.5 Å². The molecule has 0 spiro atoms. The standard InChI is InChI=1S/C8H6BrN3O2/c1-12-6(4-10-11-12)7(13)5-2-3-14-8(5)9/h2-4H,1H3. The van der Waals surface area contributed by atoms with Gasteiger partial charge in [0.1, 0.15) is 5.69 Å². The van der Waals surface area contributed by atoms with Gasteiger partial charge in [-0.05, 0) is 22.0 Å². The van der Waals surface area contributed by atoms with Crippen LogP contribution in [0.1, 0.15) is 16.1 Å². The Bertz CT molecular complexity index is 432. The van der Waals surface area contributed by atoms with Crippen LogP contribution in [0.4, 0.5) is 0 Å². The molecule has 0 N–H and O–H groups in total. The van der Waals surface area contributed by atoms with Crippen LogP contribution in [0.15, 0.2) is 27.6 Å². The Morgan fingerprint density at radius 2 is 2.43 bits per heavy atom. The molecule has 5 nitrogen and oxygen atoms in total. The quantitative estimate of drug-likeness (QED) is 0.762. The summed E-state index contributed by atoms with van der Waals surface area (Å²) in [5, 5.41) is 7.31. The van der Waals surface area contributed by atoms with Crippen molar-refractivity contribution in [1.82, 2.24) is 15.0 Å². The summed E-state index contributed by atoms with van der Waals surface area (Å²) in [5.74, 6) is -0.168. The van der Waals surface area contributed by atoms with E-state index in [0.29, 0.717) is 15.9 Å². The van der Waals surface area contributed by atoms with E-state index in [1.807, 2.05) is 0 Å². The second-order valence-electron chi connectivity index (χ2n) is 2.68. The summed E-state index contributed by atoms with van der Waals surface area (Å²) in [6.07, 6.45) is 2.86. The van der Waals surface area contributed by atoms with Crippen molar-refractivity contribution < 1.29 is 9.21 Å². The molecule has 0 saturated carbocycles. The fraction of sp³-hybridized carbons (Fsp3) is 0.125. The number of carbonyl (C=O) groups is 1. The first-order valence-electron chi connectivity index (χ1n) is 3.82. The minimum atomic E-state index is -0.168. The van der Waals surface area contributed by atoms with Crippen molar-refractivity contribution in [3.8, 4) is 0 Å². The number of carbonyl (C=O) groups excluding carboxylic acids is 1. The summed E-state index contributed by atoms with van der Waals surface area (Å²) in [6.45, 7) is 0. The van der Waals surface area contributed by atoms with Gasteiger partial charge in [-0.2, -0.15) is 0 Å². The largest absolute Gasteiger partial charge is 0.457 e. The van der Waals surface area contributed by atoms with Crippen LogP contribution in [0.3, 0.4) is 0 Å². The number of nitrogens with zero attached hydrogens (tertiary/aromatic N) is 3. The van der Waals surface area contributed by atoms with Gasteiger partial charge in [0.2, 0.25) is 5.78 Å². The minimum Gasteiger partial charge on any atom is -0.457 e. The SMILES string of the molecule is Cn1nncc1C(=O)c1ccoc1Br. The molecule has 2 heterocycles. The number of aryl methyl sites for hydroxylation is 1. The van der Waals surface area contributed by atoms with Gasteiger partial charge < -0.3 is 4.42 Å². The molecule has 2 rings (SSSR count). The number of halogens is 1. The smallest absolute Gasteiger partial charge is 0.217 e. The first-order chi connectivity index (χ1) is 6.70. The average Bonchev–Trinajstić information content (AvgIpc) is 2.73. The maximum atomic E-state index is 11.8. The van der Waals surface area contributed by atoms with Crippen molar-refractivity contribution >= 4 is 21.7 Å². The lowest BCUT2D eigenvalue weighted by Gasteiger charge is -1.96. The molecule has 72 valence electrons. The van der Waals surface area contributed by atoms with E-state index in [4.69, 9.17) is 4.42 Å². The number of aromatic nitrogens is 3. The third-order valence-electron chi connectivity index (χ3n) is 1.81. The Hall–Kier alpha value is -1.43. The van der Waals surface area contributed by atoms with Gasteiger partial charge in [0.05, 0.1) is 18.0 Å². The summed E-state index contributed by atoms with van der Waals surface area (Å²) >= 11 is 3.14. The monoisotopic (exact) mass is 255 g/mol. The molecule has 0 atom stereocenters. The number of ketones is 1. The summed E-state index contributed by atoms with van der Waals surface area (Å²) in [4.78, 5) is 11.8. The van der Waals surface area contributed by atoms with Gasteiger partial charge in [-0.15, -0.1) is 5.10 Å². The van der Waals surface area contributed by atoms with Crippen LogP contribution in [0.2, 0.25) is 0 Å². The highest BCUT2D eigenvalue weighted by atomic mass is 79.9. The number of rotatable bonds is 2. The summed E-state index contributed by atoms with van der Waals surface area (Å²) in [7, 11) is 1.66. The molecule has 0 amide bonds. The van der Waals surface area contributed by atoms with Gasteiger partial charge in [-0.1, -0.05) is 5.21 Å². The fourth-order valence-electron chi connectivity index (χ4n) is 1.09. The molecular weight excluding hydrogens is 250 g/mol. The van der Waals surface area contributed by atoms with E-state index in [1.165, 1.54) is 17.1 Å². The normalized spacial score (nSPS) is 10.4. The Balaban J connectivity index is 2.44. The molecule has 0 fully saturated rings. The highest BCUT2D eigenvalue weighted by Crippen LogP contribution is 2.20. The molecule has 14 heavy (non-hydrogen) atoms. The molecule has 6 heteroatoms. The third-order valence-corrected chi connectivity index (χ3v) is 2.42. The van der Waals surface area contributed by atoms with Gasteiger partial charge in [0.25, 0.3) is 0 Å². The lowest BCUT2D eigenvalue weighted by Crippen LogP contribution is -2.07. The maximum Gasteiger partial charge on any atom is 0.217 e. The lowest BCUT2D eigenvalue weighted by atomic mass is 10.2. The van der Waals surface area contributed by atoms with Gasteiger partial charge in [-0.25, -0.2) is 4.68 Å². The predicted molar refractivity (Wildman–Crippen MR) is 50.8 cm³/mol. The zero-order chi connectivity index (χ0) is 10.1. The van der Waals surface area contributed by atoms with E-state index < -0.39 is 0 Å². The minimum absolute atomic E-state index is 0.168. The second-order valence-corrected chi connectivity index (χ2v) is 3.40. The molecule has 0 aromatic carbocycles. The van der Waals surface area contributed by atoms with E-state index in [-0.39, 0.29) is 5.78 Å². The molecule has 0 aliphatic heterocycles. The summed E-state index contributed by atoms with van der Waals surface area (Å²) in [6, 6.07) is 1.60. The van der Waals surface area contributed by atoms with E-state index >= 15 is 0 Å². The molecular formula is C8H6BrN3O2. The van der Waals surface area contributed by atoms with Crippen LogP contribution < -0.4 is 0 Å². The highest BCUT2D eigenvalue weighted by Gasteiger charge is 2.18. The summed E-state index contributed by atoms with van der Waals surface area (Å²) in [5.41, 5.74) is 0.891. The van der Waals surface area contributed by atoms with Crippen molar-refractivity contribution in [2.24, 2.45) is 7.05 Å². The van der Waals surface area contributed by atoms with Crippen LogP contribution in [-0.2, 0) is 7.05 Å². The molecule has 0 aliphatic rings. The maximum absolute atomic E-state index is 11.8.